The minimum Gasteiger partial charge on any atom is -0.334 e. The summed E-state index contributed by atoms with van der Waals surface area (Å²) in [5.74, 6) is 2.29. The molecule has 0 radical (unpaired) electrons. The first-order chi connectivity index (χ1) is 11.2. The summed E-state index contributed by atoms with van der Waals surface area (Å²) in [4.78, 5) is 21.2. The number of amides is 2. The van der Waals surface area contributed by atoms with E-state index in [9.17, 15) is 4.79 Å². The first-order valence-electron chi connectivity index (χ1n) is 8.52. The lowest BCUT2D eigenvalue weighted by Crippen LogP contribution is -2.54. The molecule has 2 saturated heterocycles. The van der Waals surface area contributed by atoms with E-state index in [0.29, 0.717) is 12.1 Å². The second-order valence-electron chi connectivity index (χ2n) is 6.32. The second kappa shape index (κ2) is 8.02. The molecule has 2 fully saturated rings. The van der Waals surface area contributed by atoms with Gasteiger partial charge in [0, 0.05) is 50.2 Å². The van der Waals surface area contributed by atoms with Gasteiger partial charge in [-0.2, -0.15) is 11.8 Å². The number of hydrogen-bond acceptors (Lipinski definition) is 4. The fourth-order valence-electron chi connectivity index (χ4n) is 3.24. The zero-order valence-corrected chi connectivity index (χ0v) is 14.6. The first kappa shape index (κ1) is 16.6. The number of nitrogens with one attached hydrogen (secondary N) is 1. The van der Waals surface area contributed by atoms with Gasteiger partial charge in [-0.25, -0.2) is 4.79 Å². The van der Waals surface area contributed by atoms with E-state index in [0.717, 1.165) is 44.0 Å². The highest BCUT2D eigenvalue weighted by atomic mass is 32.2. The molecule has 0 saturated carbocycles. The maximum absolute atomic E-state index is 12.4. The van der Waals surface area contributed by atoms with E-state index in [-0.39, 0.29) is 6.03 Å². The third-order valence-corrected chi connectivity index (χ3v) is 5.97. The highest BCUT2D eigenvalue weighted by molar-refractivity contribution is 7.99. The zero-order valence-electron chi connectivity index (χ0n) is 13.8. The third kappa shape index (κ3) is 4.38. The van der Waals surface area contributed by atoms with Crippen LogP contribution in [0.5, 0.6) is 0 Å². The third-order valence-electron chi connectivity index (χ3n) is 4.75. The Balaban J connectivity index is 1.47. The Bertz CT molecular complexity index is 499. The highest BCUT2D eigenvalue weighted by Crippen LogP contribution is 2.20. The predicted octanol–water partition coefficient (Wildman–Crippen LogP) is 2.37. The van der Waals surface area contributed by atoms with E-state index in [1.807, 2.05) is 35.0 Å². The molecule has 0 aliphatic carbocycles. The van der Waals surface area contributed by atoms with Crippen LogP contribution in [-0.2, 0) is 0 Å². The molecule has 1 N–H and O–H groups in total. The lowest BCUT2D eigenvalue weighted by Gasteiger charge is -2.38. The molecule has 1 aromatic rings. The van der Waals surface area contributed by atoms with Crippen molar-refractivity contribution in [3.8, 4) is 0 Å². The predicted molar refractivity (Wildman–Crippen MR) is 94.7 cm³/mol. The summed E-state index contributed by atoms with van der Waals surface area (Å²) in [6.45, 7) is 5.60. The van der Waals surface area contributed by atoms with Crippen LogP contribution < -0.4 is 5.32 Å². The maximum atomic E-state index is 12.4. The summed E-state index contributed by atoms with van der Waals surface area (Å²) in [6, 6.07) is 6.82. The maximum Gasteiger partial charge on any atom is 0.317 e. The molecule has 0 unspecified atom stereocenters. The Morgan fingerprint density at radius 1 is 1.35 bits per heavy atom. The van der Waals surface area contributed by atoms with Crippen molar-refractivity contribution in [2.75, 3.05) is 37.7 Å². The number of pyridine rings is 1. The van der Waals surface area contributed by atoms with Gasteiger partial charge in [-0.05, 0) is 37.7 Å². The van der Waals surface area contributed by atoms with Gasteiger partial charge in [-0.1, -0.05) is 6.07 Å². The first-order valence-corrected chi connectivity index (χ1v) is 9.67. The van der Waals surface area contributed by atoms with Crippen molar-refractivity contribution in [2.24, 2.45) is 0 Å². The van der Waals surface area contributed by atoms with Crippen LogP contribution in [0.15, 0.2) is 24.4 Å². The number of hydrogen-bond donors (Lipinski definition) is 1. The number of piperazine rings is 1. The Morgan fingerprint density at radius 3 is 2.83 bits per heavy atom. The van der Waals surface area contributed by atoms with E-state index in [4.69, 9.17) is 0 Å². The SMILES string of the molecule is C[C@@H](c1ccccn1)N1CCN(C(=O)N[C@H]2CCCSC2)CC1. The van der Waals surface area contributed by atoms with Crippen molar-refractivity contribution in [3.05, 3.63) is 30.1 Å². The Hall–Kier alpha value is -1.27. The van der Waals surface area contributed by atoms with Crippen molar-refractivity contribution >= 4 is 17.8 Å². The molecular formula is C17H26N4OS. The van der Waals surface area contributed by atoms with Gasteiger partial charge in [-0.3, -0.25) is 9.88 Å². The van der Waals surface area contributed by atoms with Crippen LogP contribution in [0.3, 0.4) is 0 Å². The average Bonchev–Trinajstić information content (AvgIpc) is 2.63. The summed E-state index contributed by atoms with van der Waals surface area (Å²) < 4.78 is 0. The molecule has 1 aromatic heterocycles. The van der Waals surface area contributed by atoms with E-state index in [2.05, 4.69) is 28.2 Å². The van der Waals surface area contributed by atoms with Crippen LogP contribution in [-0.4, -0.2) is 64.5 Å². The van der Waals surface area contributed by atoms with E-state index in [1.54, 1.807) is 0 Å². The van der Waals surface area contributed by atoms with Crippen LogP contribution in [0.25, 0.3) is 0 Å². The van der Waals surface area contributed by atoms with Crippen LogP contribution in [0.1, 0.15) is 31.5 Å². The molecular weight excluding hydrogens is 308 g/mol. The van der Waals surface area contributed by atoms with Crippen LogP contribution in [0, 0.1) is 0 Å². The number of carbonyl (C=O) groups excluding carboxylic acids is 1. The van der Waals surface area contributed by atoms with Gasteiger partial charge in [0.2, 0.25) is 0 Å². The molecule has 126 valence electrons. The van der Waals surface area contributed by atoms with Gasteiger partial charge in [0.25, 0.3) is 0 Å². The van der Waals surface area contributed by atoms with Crippen molar-refractivity contribution in [1.29, 1.82) is 0 Å². The summed E-state index contributed by atoms with van der Waals surface area (Å²) in [6.07, 6.45) is 4.18. The van der Waals surface area contributed by atoms with Gasteiger partial charge >= 0.3 is 6.03 Å². The molecule has 2 atom stereocenters. The van der Waals surface area contributed by atoms with Gasteiger partial charge in [0.15, 0.2) is 0 Å². The number of urea groups is 1. The summed E-state index contributed by atoms with van der Waals surface area (Å²) in [7, 11) is 0. The van der Waals surface area contributed by atoms with Crippen LogP contribution in [0.2, 0.25) is 0 Å². The largest absolute Gasteiger partial charge is 0.334 e. The van der Waals surface area contributed by atoms with E-state index in [1.165, 1.54) is 12.2 Å². The molecule has 3 heterocycles. The second-order valence-corrected chi connectivity index (χ2v) is 7.47. The Morgan fingerprint density at radius 2 is 2.17 bits per heavy atom. The summed E-state index contributed by atoms with van der Waals surface area (Å²) >= 11 is 1.95. The highest BCUT2D eigenvalue weighted by Gasteiger charge is 2.26. The van der Waals surface area contributed by atoms with Gasteiger partial charge in [0.1, 0.15) is 0 Å². The monoisotopic (exact) mass is 334 g/mol. The molecule has 0 aromatic carbocycles. The normalized spacial score (nSPS) is 24.2. The van der Waals surface area contributed by atoms with E-state index < -0.39 is 0 Å². The number of carbonyl (C=O) groups is 1. The molecule has 23 heavy (non-hydrogen) atoms. The topological polar surface area (TPSA) is 48.5 Å². The van der Waals surface area contributed by atoms with Crippen molar-refractivity contribution in [3.63, 3.8) is 0 Å². The van der Waals surface area contributed by atoms with Crippen LogP contribution >= 0.6 is 11.8 Å². The minimum absolute atomic E-state index is 0.114. The fourth-order valence-corrected chi connectivity index (χ4v) is 4.31. The van der Waals surface area contributed by atoms with Crippen LogP contribution in [0.4, 0.5) is 4.79 Å². The molecule has 6 heteroatoms. The van der Waals surface area contributed by atoms with Gasteiger partial charge in [0.05, 0.1) is 5.69 Å². The Labute approximate surface area is 142 Å². The number of thioether (sulfide) groups is 1. The molecule has 2 amide bonds. The van der Waals surface area contributed by atoms with Crippen molar-refractivity contribution < 1.29 is 4.79 Å². The van der Waals surface area contributed by atoms with E-state index >= 15 is 0 Å². The summed E-state index contributed by atoms with van der Waals surface area (Å²) in [5, 5.41) is 3.20. The van der Waals surface area contributed by atoms with Gasteiger partial charge < -0.3 is 10.2 Å². The van der Waals surface area contributed by atoms with Crippen molar-refractivity contribution in [2.45, 2.75) is 31.8 Å². The molecule has 0 spiro atoms. The molecule has 2 aliphatic heterocycles. The average molecular weight is 334 g/mol. The minimum atomic E-state index is 0.114. The number of rotatable bonds is 3. The number of aromatic nitrogens is 1. The zero-order chi connectivity index (χ0) is 16.1. The Kier molecular flexibility index (Phi) is 5.78. The molecule has 0 bridgehead atoms. The smallest absolute Gasteiger partial charge is 0.317 e. The molecule has 3 rings (SSSR count). The number of nitrogens with zero attached hydrogens (tertiary/aromatic N) is 3. The quantitative estimate of drug-likeness (QED) is 0.922. The standard InChI is InChI=1S/C17H26N4OS/c1-14(16-6-2-3-7-18-16)20-8-10-21(11-9-20)17(22)19-15-5-4-12-23-13-15/h2-3,6-7,14-15H,4-5,8-13H2,1H3,(H,19,22)/t14-,15-/m0/s1. The lowest BCUT2D eigenvalue weighted by atomic mass is 10.1. The fraction of sp³-hybridized carbons (Fsp3) is 0.647. The molecule has 2 aliphatic rings. The van der Waals surface area contributed by atoms with Gasteiger partial charge in [-0.15, -0.1) is 0 Å². The summed E-state index contributed by atoms with van der Waals surface area (Å²) in [5.41, 5.74) is 1.10. The lowest BCUT2D eigenvalue weighted by molar-refractivity contribution is 0.111. The molecule has 5 nitrogen and oxygen atoms in total. The van der Waals surface area contributed by atoms with Crippen molar-refractivity contribution in [1.82, 2.24) is 20.1 Å².